The number of aromatic nitrogens is 1. The van der Waals surface area contributed by atoms with Gasteiger partial charge in [0.1, 0.15) is 5.82 Å². The van der Waals surface area contributed by atoms with E-state index in [1.165, 1.54) is 6.07 Å². The molecule has 4 nitrogen and oxygen atoms in total. The van der Waals surface area contributed by atoms with Crippen LogP contribution in [0, 0.1) is 5.82 Å². The van der Waals surface area contributed by atoms with Crippen LogP contribution in [0.3, 0.4) is 0 Å². The second-order valence-electron chi connectivity index (χ2n) is 5.27. The number of nitrogens with one attached hydrogen (secondary N) is 1. The van der Waals surface area contributed by atoms with Crippen molar-refractivity contribution in [2.24, 2.45) is 7.05 Å². The molecule has 0 saturated carbocycles. The number of carbonyl (C=O) groups is 2. The molecule has 0 unspecified atom stereocenters. The first-order chi connectivity index (χ1) is 11.1. The molecule has 0 aliphatic heterocycles. The Morgan fingerprint density at radius 1 is 1.09 bits per heavy atom. The fourth-order valence-corrected chi connectivity index (χ4v) is 2.54. The minimum absolute atomic E-state index is 0.0258. The van der Waals surface area contributed by atoms with Crippen LogP contribution in [0.5, 0.6) is 0 Å². The third-order valence-electron chi connectivity index (χ3n) is 3.75. The lowest BCUT2D eigenvalue weighted by Gasteiger charge is -2.05. The Morgan fingerprint density at radius 2 is 1.78 bits per heavy atom. The lowest BCUT2D eigenvalue weighted by Crippen LogP contribution is -2.30. The number of aryl methyl sites for hydroxylation is 1. The molecule has 3 aromatic rings. The van der Waals surface area contributed by atoms with E-state index in [0.717, 1.165) is 10.9 Å². The topological polar surface area (TPSA) is 51.1 Å². The maximum absolute atomic E-state index is 13.5. The van der Waals surface area contributed by atoms with Crippen LogP contribution in [0.25, 0.3) is 10.9 Å². The van der Waals surface area contributed by atoms with Crippen LogP contribution in [0.1, 0.15) is 15.9 Å². The number of fused-ring (bicyclic) bond motifs is 1. The Morgan fingerprint density at radius 3 is 2.57 bits per heavy atom. The number of hydrogen-bond acceptors (Lipinski definition) is 2. The van der Waals surface area contributed by atoms with Gasteiger partial charge in [-0.25, -0.2) is 4.39 Å². The molecule has 0 radical (unpaired) electrons. The molecule has 116 valence electrons. The van der Waals surface area contributed by atoms with E-state index in [1.807, 2.05) is 25.2 Å². The molecule has 1 aromatic heterocycles. The fourth-order valence-electron chi connectivity index (χ4n) is 2.54. The number of ketones is 1. The van der Waals surface area contributed by atoms with Gasteiger partial charge in [0.2, 0.25) is 0 Å². The molecule has 2 aromatic carbocycles. The van der Waals surface area contributed by atoms with Crippen molar-refractivity contribution < 1.29 is 14.0 Å². The molecule has 0 aliphatic rings. The van der Waals surface area contributed by atoms with Crippen LogP contribution in [-0.4, -0.2) is 16.3 Å². The molecular formula is C18H15FN2O2. The Bertz CT molecular complexity index is 899. The molecule has 3 rings (SSSR count). The van der Waals surface area contributed by atoms with Crippen LogP contribution in [0.4, 0.5) is 4.39 Å². The molecular weight excluding hydrogens is 295 g/mol. The highest BCUT2D eigenvalue weighted by Crippen LogP contribution is 2.20. The van der Waals surface area contributed by atoms with Gasteiger partial charge in [-0.3, -0.25) is 9.59 Å². The Kier molecular flexibility index (Phi) is 3.93. The summed E-state index contributed by atoms with van der Waals surface area (Å²) < 4.78 is 15.3. The maximum Gasteiger partial charge on any atom is 0.292 e. The minimum Gasteiger partial charge on any atom is -0.350 e. The van der Waals surface area contributed by atoms with Crippen molar-refractivity contribution in [3.05, 3.63) is 71.7 Å². The lowest BCUT2D eigenvalue weighted by atomic mass is 10.1. The molecule has 0 spiro atoms. The zero-order valence-corrected chi connectivity index (χ0v) is 12.5. The Balaban J connectivity index is 1.79. The first kappa shape index (κ1) is 15.0. The van der Waals surface area contributed by atoms with Gasteiger partial charge in [0.15, 0.2) is 0 Å². The molecule has 0 saturated heterocycles. The predicted molar refractivity (Wildman–Crippen MR) is 85.5 cm³/mol. The van der Waals surface area contributed by atoms with Gasteiger partial charge in [0.25, 0.3) is 11.7 Å². The first-order valence-electron chi connectivity index (χ1n) is 7.18. The summed E-state index contributed by atoms with van der Waals surface area (Å²) in [5.41, 5.74) is 1.55. The standard InChI is InChI=1S/C18H15FN2O2/c1-21-11-14(13-7-3-5-9-16(13)21)17(22)18(23)20-10-12-6-2-4-8-15(12)19/h2-9,11H,10H2,1H3,(H,20,23). The number of amides is 1. The number of halogens is 1. The van der Waals surface area contributed by atoms with Gasteiger partial charge < -0.3 is 9.88 Å². The van der Waals surface area contributed by atoms with E-state index < -0.39 is 17.5 Å². The Labute approximate surface area is 132 Å². The molecule has 5 heteroatoms. The van der Waals surface area contributed by atoms with Crippen LogP contribution in [-0.2, 0) is 18.4 Å². The summed E-state index contributed by atoms with van der Waals surface area (Å²) in [6.45, 7) is -0.0258. The third kappa shape index (κ3) is 2.85. The molecule has 0 aliphatic carbocycles. The normalized spacial score (nSPS) is 10.7. The van der Waals surface area contributed by atoms with E-state index in [0.29, 0.717) is 11.1 Å². The quantitative estimate of drug-likeness (QED) is 0.595. The summed E-state index contributed by atoms with van der Waals surface area (Å²) in [5.74, 6) is -1.78. The molecule has 0 fully saturated rings. The van der Waals surface area contributed by atoms with Crippen molar-refractivity contribution >= 4 is 22.6 Å². The van der Waals surface area contributed by atoms with Crippen LogP contribution in [0.2, 0.25) is 0 Å². The molecule has 1 heterocycles. The van der Waals surface area contributed by atoms with Crippen molar-refractivity contribution in [2.75, 3.05) is 0 Å². The van der Waals surface area contributed by atoms with Crippen molar-refractivity contribution in [1.29, 1.82) is 0 Å². The van der Waals surface area contributed by atoms with Crippen molar-refractivity contribution in [3.63, 3.8) is 0 Å². The summed E-state index contributed by atoms with van der Waals surface area (Å²) in [6, 6.07) is 13.5. The second kappa shape index (κ2) is 6.04. The predicted octanol–water partition coefficient (Wildman–Crippen LogP) is 2.82. The number of para-hydroxylation sites is 1. The van der Waals surface area contributed by atoms with Gasteiger partial charge in [0.05, 0.1) is 5.56 Å². The summed E-state index contributed by atoms with van der Waals surface area (Å²) in [7, 11) is 1.82. The van der Waals surface area contributed by atoms with E-state index in [9.17, 15) is 14.0 Å². The van der Waals surface area contributed by atoms with E-state index in [4.69, 9.17) is 0 Å². The summed E-state index contributed by atoms with van der Waals surface area (Å²) in [6.07, 6.45) is 1.63. The van der Waals surface area contributed by atoms with Gasteiger partial charge in [-0.1, -0.05) is 36.4 Å². The molecule has 1 N–H and O–H groups in total. The second-order valence-corrected chi connectivity index (χ2v) is 5.27. The van der Waals surface area contributed by atoms with Crippen LogP contribution in [0.15, 0.2) is 54.7 Å². The molecule has 23 heavy (non-hydrogen) atoms. The molecule has 0 bridgehead atoms. The van der Waals surface area contributed by atoms with E-state index >= 15 is 0 Å². The number of nitrogens with zero attached hydrogens (tertiary/aromatic N) is 1. The Hall–Kier alpha value is -2.95. The molecule has 0 atom stereocenters. The highest BCUT2D eigenvalue weighted by molar-refractivity contribution is 6.44. The summed E-state index contributed by atoms with van der Waals surface area (Å²) >= 11 is 0. The van der Waals surface area contributed by atoms with Crippen LogP contribution >= 0.6 is 0 Å². The number of Topliss-reactive ketones (excluding diaryl/α,β-unsaturated/α-hetero) is 1. The largest absolute Gasteiger partial charge is 0.350 e. The van der Waals surface area contributed by atoms with Gasteiger partial charge in [-0.05, 0) is 12.1 Å². The SMILES string of the molecule is Cn1cc(C(=O)C(=O)NCc2ccccc2F)c2ccccc21. The number of carbonyl (C=O) groups excluding carboxylic acids is 2. The lowest BCUT2D eigenvalue weighted by molar-refractivity contribution is -0.117. The van der Waals surface area contributed by atoms with Crippen LogP contribution < -0.4 is 5.32 Å². The highest BCUT2D eigenvalue weighted by Gasteiger charge is 2.20. The summed E-state index contributed by atoms with van der Waals surface area (Å²) in [5, 5.41) is 3.20. The van der Waals surface area contributed by atoms with Crippen molar-refractivity contribution in [1.82, 2.24) is 9.88 Å². The van der Waals surface area contributed by atoms with E-state index in [2.05, 4.69) is 5.32 Å². The van der Waals surface area contributed by atoms with Crippen molar-refractivity contribution in [3.8, 4) is 0 Å². The number of hydrogen-bond donors (Lipinski definition) is 1. The monoisotopic (exact) mass is 310 g/mol. The third-order valence-corrected chi connectivity index (χ3v) is 3.75. The fraction of sp³-hybridized carbons (Fsp3) is 0.111. The average molecular weight is 310 g/mol. The summed E-state index contributed by atoms with van der Waals surface area (Å²) in [4.78, 5) is 24.4. The highest BCUT2D eigenvalue weighted by atomic mass is 19.1. The number of rotatable bonds is 4. The van der Waals surface area contributed by atoms with Gasteiger partial charge in [-0.15, -0.1) is 0 Å². The minimum atomic E-state index is -0.746. The smallest absolute Gasteiger partial charge is 0.292 e. The maximum atomic E-state index is 13.5. The van der Waals surface area contributed by atoms with E-state index in [1.54, 1.807) is 35.0 Å². The van der Waals surface area contributed by atoms with Gasteiger partial charge in [0, 0.05) is 36.3 Å². The zero-order valence-electron chi connectivity index (χ0n) is 12.5. The number of benzene rings is 2. The first-order valence-corrected chi connectivity index (χ1v) is 7.18. The van der Waals surface area contributed by atoms with Gasteiger partial charge in [-0.2, -0.15) is 0 Å². The average Bonchev–Trinajstić information content (AvgIpc) is 2.90. The van der Waals surface area contributed by atoms with Crippen molar-refractivity contribution in [2.45, 2.75) is 6.54 Å². The van der Waals surface area contributed by atoms with E-state index in [-0.39, 0.29) is 6.54 Å². The molecule has 1 amide bonds. The van der Waals surface area contributed by atoms with Gasteiger partial charge >= 0.3 is 0 Å². The zero-order chi connectivity index (χ0) is 16.4.